The van der Waals surface area contributed by atoms with Gasteiger partial charge < -0.3 is 25.4 Å². The maximum Gasteiger partial charge on any atom is 0.250 e. The fourth-order valence-electron chi connectivity index (χ4n) is 5.90. The number of benzene rings is 1. The van der Waals surface area contributed by atoms with Gasteiger partial charge in [0.2, 0.25) is 17.7 Å². The van der Waals surface area contributed by atoms with Gasteiger partial charge >= 0.3 is 0 Å². The number of anilines is 1. The van der Waals surface area contributed by atoms with Crippen LogP contribution in [0.5, 0.6) is 0 Å². The van der Waals surface area contributed by atoms with Crippen molar-refractivity contribution in [2.45, 2.75) is 56.8 Å². The van der Waals surface area contributed by atoms with Crippen LogP contribution in [0.1, 0.15) is 38.2 Å². The number of hydrogen-bond acceptors (Lipinski definition) is 5. The Morgan fingerprint density at radius 1 is 1.28 bits per heavy atom. The van der Waals surface area contributed by atoms with E-state index in [-0.39, 0.29) is 24.3 Å². The van der Waals surface area contributed by atoms with Crippen LogP contribution in [0, 0.1) is 18.8 Å². The fraction of sp³-hybridized carbons (Fsp3) is 0.609. The summed E-state index contributed by atoms with van der Waals surface area (Å²) in [6.45, 7) is 4.01. The number of likely N-dealkylation sites (tertiary alicyclic amines) is 1. The standard InChI is InChI=1S/C23H30ClN3O5/c1-13-7-6-8-14(24)17(13)26-20(30)18-23-10-9-22(2,32-23)15(19(29)25-3)16(23)21(31)27(18)11-4-5-12-28/h6-8,15-16,18,28H,4-5,9-12H2,1-3H3,(H,25,29)(H,26,30)/t15-,16+,18?,22+,23?/m1/s1. The summed E-state index contributed by atoms with van der Waals surface area (Å²) < 4.78 is 6.48. The molecular weight excluding hydrogens is 434 g/mol. The molecule has 0 aromatic heterocycles. The van der Waals surface area contributed by atoms with Crippen molar-refractivity contribution >= 4 is 35.0 Å². The number of carbonyl (C=O) groups excluding carboxylic acids is 3. The Kier molecular flexibility index (Phi) is 5.98. The molecule has 4 rings (SSSR count). The summed E-state index contributed by atoms with van der Waals surface area (Å²) in [5, 5.41) is 15.2. The Morgan fingerprint density at radius 3 is 2.69 bits per heavy atom. The minimum atomic E-state index is -1.07. The summed E-state index contributed by atoms with van der Waals surface area (Å²) in [5.74, 6) is -2.24. The summed E-state index contributed by atoms with van der Waals surface area (Å²) in [7, 11) is 1.55. The first kappa shape index (κ1) is 23.0. The van der Waals surface area contributed by atoms with Crippen molar-refractivity contribution in [2.24, 2.45) is 11.8 Å². The number of nitrogens with one attached hydrogen (secondary N) is 2. The number of aliphatic hydroxyl groups is 1. The normalized spacial score (nSPS) is 32.8. The van der Waals surface area contributed by atoms with E-state index in [0.717, 1.165) is 5.56 Å². The van der Waals surface area contributed by atoms with E-state index in [0.29, 0.717) is 42.9 Å². The number of unbranched alkanes of at least 4 members (excludes halogenated alkanes) is 1. The van der Waals surface area contributed by atoms with Crippen molar-refractivity contribution in [3.05, 3.63) is 28.8 Å². The predicted molar refractivity (Wildman–Crippen MR) is 119 cm³/mol. The van der Waals surface area contributed by atoms with Crippen molar-refractivity contribution in [2.75, 3.05) is 25.5 Å². The van der Waals surface area contributed by atoms with Gasteiger partial charge in [-0.15, -0.1) is 0 Å². The average Bonchev–Trinajstić information content (AvgIpc) is 3.31. The molecule has 3 aliphatic heterocycles. The minimum Gasteiger partial charge on any atom is -0.396 e. The molecule has 1 aromatic rings. The van der Waals surface area contributed by atoms with E-state index < -0.39 is 29.1 Å². The number of amides is 3. The largest absolute Gasteiger partial charge is 0.396 e. The Morgan fingerprint density at radius 2 is 2.03 bits per heavy atom. The van der Waals surface area contributed by atoms with Gasteiger partial charge in [-0.1, -0.05) is 23.7 Å². The zero-order valence-electron chi connectivity index (χ0n) is 18.6. The zero-order chi connectivity index (χ0) is 23.3. The number of halogens is 1. The number of carbonyl (C=O) groups is 3. The highest BCUT2D eigenvalue weighted by atomic mass is 35.5. The molecule has 3 saturated heterocycles. The van der Waals surface area contributed by atoms with Crippen molar-refractivity contribution in [3.8, 4) is 0 Å². The molecule has 3 fully saturated rings. The fourth-order valence-corrected chi connectivity index (χ4v) is 6.17. The van der Waals surface area contributed by atoms with Crippen LogP contribution >= 0.6 is 11.6 Å². The van der Waals surface area contributed by atoms with Gasteiger partial charge in [0.1, 0.15) is 11.6 Å². The quantitative estimate of drug-likeness (QED) is 0.535. The van der Waals surface area contributed by atoms with E-state index in [9.17, 15) is 19.5 Å². The highest BCUT2D eigenvalue weighted by Crippen LogP contribution is 2.63. The molecule has 9 heteroatoms. The van der Waals surface area contributed by atoms with Crippen LogP contribution in [0.2, 0.25) is 5.02 Å². The monoisotopic (exact) mass is 463 g/mol. The molecule has 0 saturated carbocycles. The van der Waals surface area contributed by atoms with Gasteiger partial charge in [0.15, 0.2) is 0 Å². The first-order valence-corrected chi connectivity index (χ1v) is 11.5. The van der Waals surface area contributed by atoms with Crippen LogP contribution < -0.4 is 10.6 Å². The van der Waals surface area contributed by atoms with Crippen LogP contribution in [0.25, 0.3) is 0 Å². The second-order valence-electron chi connectivity index (χ2n) is 9.23. The van der Waals surface area contributed by atoms with Crippen LogP contribution in [-0.2, 0) is 19.1 Å². The molecule has 1 aromatic carbocycles. The number of fused-ring (bicyclic) bond motifs is 1. The van der Waals surface area contributed by atoms with E-state index in [2.05, 4.69) is 10.6 Å². The lowest BCUT2D eigenvalue weighted by molar-refractivity contribution is -0.144. The maximum absolute atomic E-state index is 13.7. The highest BCUT2D eigenvalue weighted by molar-refractivity contribution is 6.34. The summed E-state index contributed by atoms with van der Waals surface area (Å²) >= 11 is 6.33. The highest BCUT2D eigenvalue weighted by Gasteiger charge is 2.77. The Balaban J connectivity index is 1.73. The number of aliphatic hydroxyl groups excluding tert-OH is 1. The molecule has 5 atom stereocenters. The van der Waals surface area contributed by atoms with Gasteiger partial charge in [-0.3, -0.25) is 14.4 Å². The van der Waals surface area contributed by atoms with Crippen molar-refractivity contribution < 1.29 is 24.2 Å². The second kappa shape index (κ2) is 8.32. The van der Waals surface area contributed by atoms with E-state index in [4.69, 9.17) is 16.3 Å². The van der Waals surface area contributed by atoms with Crippen LogP contribution in [0.15, 0.2) is 18.2 Å². The number of rotatable bonds is 7. The van der Waals surface area contributed by atoms with Crippen molar-refractivity contribution in [3.63, 3.8) is 0 Å². The van der Waals surface area contributed by atoms with Gasteiger partial charge in [-0.05, 0) is 51.2 Å². The topological polar surface area (TPSA) is 108 Å². The third kappa shape index (κ3) is 3.31. The smallest absolute Gasteiger partial charge is 0.250 e. The SMILES string of the molecule is CNC(=O)[C@H]1[C@H]2C(=O)N(CCCCO)C(C(=O)Nc3c(C)cccc3Cl)C23CC[C@]1(C)O3. The van der Waals surface area contributed by atoms with Crippen LogP contribution in [-0.4, -0.2) is 65.2 Å². The van der Waals surface area contributed by atoms with Gasteiger partial charge in [0.25, 0.3) is 0 Å². The Labute approximate surface area is 192 Å². The summed E-state index contributed by atoms with van der Waals surface area (Å²) in [6, 6.07) is 4.47. The number of ether oxygens (including phenoxy) is 1. The van der Waals surface area contributed by atoms with E-state index in [1.54, 1.807) is 24.1 Å². The molecule has 3 N–H and O–H groups in total. The number of aryl methyl sites for hydroxylation is 1. The Hall–Kier alpha value is -2.16. The number of para-hydroxylation sites is 1. The molecule has 174 valence electrons. The zero-order valence-corrected chi connectivity index (χ0v) is 19.4. The lowest BCUT2D eigenvalue weighted by atomic mass is 9.66. The third-order valence-electron chi connectivity index (χ3n) is 7.33. The molecule has 3 amide bonds. The first-order chi connectivity index (χ1) is 15.2. The predicted octanol–water partition coefficient (Wildman–Crippen LogP) is 1.87. The van der Waals surface area contributed by atoms with E-state index >= 15 is 0 Å². The molecule has 3 aliphatic rings. The van der Waals surface area contributed by atoms with Crippen molar-refractivity contribution in [1.29, 1.82) is 0 Å². The van der Waals surface area contributed by atoms with Crippen LogP contribution in [0.3, 0.4) is 0 Å². The van der Waals surface area contributed by atoms with Gasteiger partial charge in [-0.2, -0.15) is 0 Å². The van der Waals surface area contributed by atoms with Gasteiger partial charge in [0, 0.05) is 20.2 Å². The molecule has 1 spiro atoms. The number of nitrogens with zero attached hydrogens (tertiary/aromatic N) is 1. The summed E-state index contributed by atoms with van der Waals surface area (Å²) in [5.41, 5.74) is -0.552. The van der Waals surface area contributed by atoms with Gasteiger partial charge in [0.05, 0.1) is 28.1 Å². The minimum absolute atomic E-state index is 0.00171. The molecule has 2 unspecified atom stereocenters. The molecule has 2 bridgehead atoms. The number of hydrogen-bond donors (Lipinski definition) is 3. The van der Waals surface area contributed by atoms with Crippen LogP contribution in [0.4, 0.5) is 5.69 Å². The summed E-state index contributed by atoms with van der Waals surface area (Å²) in [4.78, 5) is 41.7. The molecule has 0 aliphatic carbocycles. The lowest BCUT2D eigenvalue weighted by Crippen LogP contribution is -2.53. The van der Waals surface area contributed by atoms with Gasteiger partial charge in [-0.25, -0.2) is 0 Å². The third-order valence-corrected chi connectivity index (χ3v) is 7.65. The summed E-state index contributed by atoms with van der Waals surface area (Å²) in [6.07, 6.45) is 2.16. The van der Waals surface area contributed by atoms with E-state index in [1.165, 1.54) is 0 Å². The van der Waals surface area contributed by atoms with Crippen molar-refractivity contribution in [1.82, 2.24) is 10.2 Å². The average molecular weight is 464 g/mol. The molecule has 0 radical (unpaired) electrons. The van der Waals surface area contributed by atoms with E-state index in [1.807, 2.05) is 19.9 Å². The molecule has 8 nitrogen and oxygen atoms in total. The second-order valence-corrected chi connectivity index (χ2v) is 9.63. The molecular formula is C23H30ClN3O5. The molecule has 32 heavy (non-hydrogen) atoms. The lowest BCUT2D eigenvalue weighted by Gasteiger charge is -2.33. The first-order valence-electron chi connectivity index (χ1n) is 11.1. The molecule has 3 heterocycles. The maximum atomic E-state index is 13.7. The Bertz CT molecular complexity index is 935.